The van der Waals surface area contributed by atoms with Gasteiger partial charge in [0, 0.05) is 23.5 Å². The topological polar surface area (TPSA) is 44.7 Å². The van der Waals surface area contributed by atoms with Crippen LogP contribution in [0.2, 0.25) is 0 Å². The first-order valence-electron chi connectivity index (χ1n) is 9.04. The van der Waals surface area contributed by atoms with Gasteiger partial charge in [0.2, 0.25) is 0 Å². The molecule has 2 aromatic carbocycles. The van der Waals surface area contributed by atoms with Crippen molar-refractivity contribution in [2.45, 2.75) is 24.8 Å². The number of benzene rings is 2. The first-order chi connectivity index (χ1) is 13.4. The molecule has 1 saturated heterocycles. The van der Waals surface area contributed by atoms with Crippen LogP contribution in [0.25, 0.3) is 0 Å². The van der Waals surface area contributed by atoms with E-state index in [1.807, 2.05) is 48.2 Å². The Balaban J connectivity index is 1.69. The largest absolute Gasteiger partial charge is 0.497 e. The van der Waals surface area contributed by atoms with Gasteiger partial charge >= 0.3 is 0 Å². The van der Waals surface area contributed by atoms with Crippen molar-refractivity contribution in [3.05, 3.63) is 59.7 Å². The zero-order valence-corrected chi connectivity index (χ0v) is 17.9. The minimum Gasteiger partial charge on any atom is -0.497 e. The molecule has 28 heavy (non-hydrogen) atoms. The van der Waals surface area contributed by atoms with Crippen LogP contribution in [0.15, 0.2) is 48.5 Å². The lowest BCUT2D eigenvalue weighted by atomic mass is 10.1. The predicted molar refractivity (Wildman–Crippen MR) is 121 cm³/mol. The number of thiocarbonyl (C=S) groups is 1. The zero-order chi connectivity index (χ0) is 20.1. The number of aliphatic hydroxyl groups is 1. The summed E-state index contributed by atoms with van der Waals surface area (Å²) in [5.41, 5.74) is 2.03. The van der Waals surface area contributed by atoms with Crippen molar-refractivity contribution in [2.75, 3.05) is 24.7 Å². The van der Waals surface area contributed by atoms with E-state index in [-0.39, 0.29) is 5.37 Å². The highest BCUT2D eigenvalue weighted by atomic mass is 32.2. The molecule has 2 N–H and O–H groups in total. The summed E-state index contributed by atoms with van der Waals surface area (Å²) in [6, 6.07) is 15.9. The fraction of sp³-hybridized carbons (Fsp3) is 0.318. The first kappa shape index (κ1) is 20.5. The first-order valence-corrected chi connectivity index (χ1v) is 10.5. The van der Waals surface area contributed by atoms with E-state index in [0.29, 0.717) is 5.11 Å². The number of nitrogens with zero attached hydrogens (tertiary/aromatic N) is 1. The lowest BCUT2D eigenvalue weighted by molar-refractivity contribution is 0.143. The Kier molecular flexibility index (Phi) is 6.50. The number of methoxy groups -OCH3 is 1. The van der Waals surface area contributed by atoms with Crippen molar-refractivity contribution in [2.24, 2.45) is 0 Å². The third kappa shape index (κ3) is 5.41. The molecule has 1 aliphatic rings. The quantitative estimate of drug-likeness (QED) is 0.580. The van der Waals surface area contributed by atoms with E-state index in [1.54, 1.807) is 21.0 Å². The summed E-state index contributed by atoms with van der Waals surface area (Å²) >= 11 is 7.54. The monoisotopic (exact) mass is 412 g/mol. The number of thioether (sulfide) groups is 1. The van der Waals surface area contributed by atoms with Crippen molar-refractivity contribution in [1.82, 2.24) is 4.90 Å². The number of hydrogen-bond acceptors (Lipinski definition) is 4. The molecule has 0 aromatic heterocycles. The van der Waals surface area contributed by atoms with Crippen LogP contribution in [-0.2, 0) is 0 Å². The number of anilines is 1. The van der Waals surface area contributed by atoms with Gasteiger partial charge in [-0.15, -0.1) is 11.8 Å². The number of rotatable bonds is 3. The summed E-state index contributed by atoms with van der Waals surface area (Å²) in [7, 11) is 1.65. The Morgan fingerprint density at radius 1 is 1.21 bits per heavy atom. The third-order valence-electron chi connectivity index (χ3n) is 4.20. The van der Waals surface area contributed by atoms with Crippen LogP contribution in [0, 0.1) is 11.8 Å². The van der Waals surface area contributed by atoms with Gasteiger partial charge in [-0.05, 0) is 68.0 Å². The maximum Gasteiger partial charge on any atom is 0.174 e. The molecule has 1 aliphatic heterocycles. The van der Waals surface area contributed by atoms with E-state index in [2.05, 4.69) is 34.2 Å². The lowest BCUT2D eigenvalue weighted by Gasteiger charge is -2.27. The summed E-state index contributed by atoms with van der Waals surface area (Å²) in [5.74, 6) is 7.69. The summed E-state index contributed by atoms with van der Waals surface area (Å²) in [4.78, 5) is 2.21. The van der Waals surface area contributed by atoms with Crippen LogP contribution in [0.1, 0.15) is 30.3 Å². The normalized spacial score (nSPS) is 16.3. The van der Waals surface area contributed by atoms with Crippen LogP contribution < -0.4 is 10.1 Å². The molecule has 3 rings (SSSR count). The van der Waals surface area contributed by atoms with Gasteiger partial charge in [0.15, 0.2) is 5.11 Å². The molecule has 0 radical (unpaired) electrons. The molecule has 0 spiro atoms. The van der Waals surface area contributed by atoms with Gasteiger partial charge in [-0.25, -0.2) is 0 Å². The molecule has 1 atom stereocenters. The summed E-state index contributed by atoms with van der Waals surface area (Å²) in [6.45, 7) is 4.26. The van der Waals surface area contributed by atoms with Crippen LogP contribution >= 0.6 is 24.0 Å². The molecule has 0 bridgehead atoms. The van der Waals surface area contributed by atoms with Gasteiger partial charge in [-0.2, -0.15) is 0 Å². The molecular weight excluding hydrogens is 388 g/mol. The third-order valence-corrected chi connectivity index (χ3v) is 5.80. The Morgan fingerprint density at radius 2 is 1.89 bits per heavy atom. The summed E-state index contributed by atoms with van der Waals surface area (Å²) in [6.07, 6.45) is 0. The van der Waals surface area contributed by atoms with Crippen molar-refractivity contribution in [3.8, 4) is 17.6 Å². The molecule has 146 valence electrons. The Morgan fingerprint density at radius 3 is 2.50 bits per heavy atom. The second kappa shape index (κ2) is 8.87. The van der Waals surface area contributed by atoms with E-state index in [0.717, 1.165) is 29.3 Å². The van der Waals surface area contributed by atoms with E-state index >= 15 is 0 Å². The molecule has 1 fully saturated rings. The maximum absolute atomic E-state index is 9.74. The Hall–Kier alpha value is -2.20. The van der Waals surface area contributed by atoms with E-state index in [9.17, 15) is 5.11 Å². The number of hydrogen-bond donors (Lipinski definition) is 2. The van der Waals surface area contributed by atoms with Gasteiger partial charge in [0.1, 0.15) is 16.7 Å². The van der Waals surface area contributed by atoms with E-state index in [4.69, 9.17) is 17.0 Å². The van der Waals surface area contributed by atoms with Crippen LogP contribution in [0.3, 0.4) is 0 Å². The minimum atomic E-state index is -0.990. The average Bonchev–Trinajstić information content (AvgIpc) is 3.17. The molecule has 2 aromatic rings. The van der Waals surface area contributed by atoms with E-state index < -0.39 is 5.60 Å². The second-order valence-corrected chi connectivity index (χ2v) is 8.58. The molecule has 0 saturated carbocycles. The van der Waals surface area contributed by atoms with Crippen molar-refractivity contribution >= 4 is 34.8 Å². The molecule has 6 heteroatoms. The molecule has 0 aliphatic carbocycles. The molecule has 1 heterocycles. The van der Waals surface area contributed by atoms with Crippen molar-refractivity contribution in [3.63, 3.8) is 0 Å². The highest BCUT2D eigenvalue weighted by Gasteiger charge is 2.28. The van der Waals surface area contributed by atoms with E-state index in [1.165, 1.54) is 5.56 Å². The summed E-state index contributed by atoms with van der Waals surface area (Å²) < 4.78 is 5.20. The van der Waals surface area contributed by atoms with Crippen LogP contribution in [-0.4, -0.2) is 40.1 Å². The van der Waals surface area contributed by atoms with Crippen molar-refractivity contribution in [1.29, 1.82) is 0 Å². The van der Waals surface area contributed by atoms with Crippen LogP contribution in [0.5, 0.6) is 5.75 Å². The standard InChI is InChI=1S/C22H24N2O2S2/c1-22(2,25)13-12-16-4-6-17(7-5-16)20-24(14-15-28-20)21(27)23-18-8-10-19(26-3)11-9-18/h4-11,20,25H,14-15H2,1-3H3,(H,23,27). The second-order valence-electron chi connectivity index (χ2n) is 7.01. The Labute approximate surface area is 176 Å². The zero-order valence-electron chi connectivity index (χ0n) is 16.2. The van der Waals surface area contributed by atoms with Gasteiger partial charge in [-0.1, -0.05) is 24.0 Å². The Bertz CT molecular complexity index is 878. The van der Waals surface area contributed by atoms with Gasteiger partial charge in [-0.3, -0.25) is 0 Å². The van der Waals surface area contributed by atoms with Gasteiger partial charge in [0.05, 0.1) is 7.11 Å². The highest BCUT2D eigenvalue weighted by Crippen LogP contribution is 2.38. The maximum atomic E-state index is 9.74. The lowest BCUT2D eigenvalue weighted by Crippen LogP contribution is -2.34. The number of ether oxygens (including phenoxy) is 1. The van der Waals surface area contributed by atoms with Gasteiger partial charge in [0.25, 0.3) is 0 Å². The van der Waals surface area contributed by atoms with Crippen molar-refractivity contribution < 1.29 is 9.84 Å². The predicted octanol–water partition coefficient (Wildman–Crippen LogP) is 4.26. The molecule has 0 amide bonds. The number of nitrogens with one attached hydrogen (secondary N) is 1. The molecule has 1 unspecified atom stereocenters. The minimum absolute atomic E-state index is 0.176. The van der Waals surface area contributed by atoms with Crippen LogP contribution in [0.4, 0.5) is 5.69 Å². The molecule has 4 nitrogen and oxygen atoms in total. The fourth-order valence-electron chi connectivity index (χ4n) is 2.78. The summed E-state index contributed by atoms with van der Waals surface area (Å²) in [5, 5.41) is 14.0. The highest BCUT2D eigenvalue weighted by molar-refractivity contribution is 7.99. The molecular formula is C22H24N2O2S2. The fourth-order valence-corrected chi connectivity index (χ4v) is 4.43. The van der Waals surface area contributed by atoms with Gasteiger partial charge < -0.3 is 20.1 Å². The smallest absolute Gasteiger partial charge is 0.174 e. The SMILES string of the molecule is COc1ccc(NC(=S)N2CCSC2c2ccc(C#CC(C)(C)O)cc2)cc1. The average molecular weight is 413 g/mol.